The van der Waals surface area contributed by atoms with E-state index in [4.69, 9.17) is 25.6 Å². The van der Waals surface area contributed by atoms with Gasteiger partial charge in [0, 0.05) is 42.6 Å². The average Bonchev–Trinajstić information content (AvgIpc) is 3.82. The van der Waals surface area contributed by atoms with Gasteiger partial charge in [0.05, 0.1) is 34.7 Å². The number of fused-ring (bicyclic) bond motifs is 3. The van der Waals surface area contributed by atoms with Crippen molar-refractivity contribution in [1.29, 1.82) is 0 Å². The van der Waals surface area contributed by atoms with E-state index in [9.17, 15) is 24.0 Å². The molecule has 5 atom stereocenters. The summed E-state index contributed by atoms with van der Waals surface area (Å²) in [5.41, 5.74) is 2.47. The van der Waals surface area contributed by atoms with Gasteiger partial charge in [0.25, 0.3) is 0 Å². The molecular formula is C45H58ClN5O9S. The molecule has 16 heteroatoms. The molecule has 14 nitrogen and oxygen atoms in total. The number of rotatable bonds is 20. The number of thioether (sulfide) groups is 1. The highest BCUT2D eigenvalue weighted by Crippen LogP contribution is 2.54. The van der Waals surface area contributed by atoms with E-state index in [1.54, 1.807) is 23.9 Å². The summed E-state index contributed by atoms with van der Waals surface area (Å²) < 4.78 is 10.2. The second-order valence-electron chi connectivity index (χ2n) is 16.2. The number of amides is 4. The first-order chi connectivity index (χ1) is 29.5. The Morgan fingerprint density at radius 3 is 2.56 bits per heavy atom. The maximum Gasteiger partial charge on any atom is 0.346 e. The molecule has 330 valence electrons. The number of carbonyl (C=O) groups excluding carboxylic acids is 5. The highest BCUT2D eigenvalue weighted by atomic mass is 35.5. The SMILES string of the molecule is CCCCC(C(=O)NCCCCCC(=O)Nc1ccc2c(Cl)c(OCCc3ccccc3)oc(=O)c2c1)C(=O)C1(CCCC)NOC(=O)CCCC[C@]12SC[C@H]1NC(=O)N[C@H]12. The molecule has 61 heavy (non-hydrogen) atoms. The number of anilines is 1. The molecule has 3 aliphatic rings. The Morgan fingerprint density at radius 1 is 0.967 bits per heavy atom. The minimum atomic E-state index is -1.42. The van der Waals surface area contributed by atoms with Crippen molar-refractivity contribution in [3.63, 3.8) is 0 Å². The Hall–Kier alpha value is -4.60. The molecule has 6 rings (SSSR count). The molecule has 3 aromatic rings. The second kappa shape index (κ2) is 21.5. The number of ether oxygens (including phenoxy) is 1. The quantitative estimate of drug-likeness (QED) is 0.0440. The van der Waals surface area contributed by atoms with Gasteiger partial charge in [-0.15, -0.1) is 17.2 Å². The zero-order valence-corrected chi connectivity index (χ0v) is 36.6. The molecular weight excluding hydrogens is 822 g/mol. The van der Waals surface area contributed by atoms with Gasteiger partial charge in [0.15, 0.2) is 5.78 Å². The van der Waals surface area contributed by atoms with Crippen LogP contribution in [0.5, 0.6) is 5.95 Å². The largest absolute Gasteiger partial charge is 0.464 e. The maximum absolute atomic E-state index is 15.2. The lowest BCUT2D eigenvalue weighted by atomic mass is 9.66. The highest BCUT2D eigenvalue weighted by molar-refractivity contribution is 8.01. The number of urea groups is 1. The van der Waals surface area contributed by atoms with E-state index < -0.39 is 33.8 Å². The molecule has 0 bridgehead atoms. The second-order valence-corrected chi connectivity index (χ2v) is 18.0. The van der Waals surface area contributed by atoms with E-state index in [1.807, 2.05) is 44.2 Å². The van der Waals surface area contributed by atoms with Gasteiger partial charge in [0.2, 0.25) is 11.8 Å². The summed E-state index contributed by atoms with van der Waals surface area (Å²) in [6, 6.07) is 13.7. The number of ketones is 1. The van der Waals surface area contributed by atoms with Crippen LogP contribution in [0.4, 0.5) is 10.5 Å². The number of hydrogen-bond donors (Lipinski definition) is 5. The van der Waals surface area contributed by atoms with Gasteiger partial charge in [-0.1, -0.05) is 100 Å². The summed E-state index contributed by atoms with van der Waals surface area (Å²) in [5, 5.41) is 12.8. The summed E-state index contributed by atoms with van der Waals surface area (Å²) in [5.74, 6) is -1.85. The number of hydroxylamine groups is 1. The molecule has 3 fully saturated rings. The molecule has 0 radical (unpaired) electrons. The number of hydrogen-bond acceptors (Lipinski definition) is 11. The Bertz CT molecular complexity index is 2100. The Kier molecular flexibility index (Phi) is 16.2. The standard InChI is InChI=1S/C45H58ClN5O9S/c1-3-5-17-32(39(54)44(23-6-4-2)45(24-13-12-19-36(53)60-51-44)38-34(28-61-45)49-43(57)50-38)40(55)47-25-14-8-11-18-35(52)48-30-20-21-31-33(27-30)41(56)59-42(37(31)46)58-26-22-29-15-9-7-10-16-29/h7,9-10,15-16,20-21,27,32,34,38,51H,3-6,8,11-14,17-19,22-26,28H2,1-2H3,(H,47,55)(H,48,52)(H2,49,50,57)/t32?,34-,38-,44?,45-/m1/s1. The van der Waals surface area contributed by atoms with Crippen LogP contribution in [0.25, 0.3) is 10.8 Å². The number of halogens is 1. The lowest BCUT2D eigenvalue weighted by Gasteiger charge is -2.50. The molecule has 4 amide bonds. The van der Waals surface area contributed by atoms with Gasteiger partial charge in [-0.25, -0.2) is 9.59 Å². The van der Waals surface area contributed by atoms with E-state index >= 15 is 4.79 Å². The molecule has 3 saturated heterocycles. The fourth-order valence-corrected chi connectivity index (χ4v) is 11.0. The third-order valence-corrected chi connectivity index (χ3v) is 14.3. The summed E-state index contributed by atoms with van der Waals surface area (Å²) in [4.78, 5) is 86.2. The number of Topliss-reactive ketones (excluding diaryl/α,β-unsaturated/α-hetero) is 1. The molecule has 1 aromatic heterocycles. The van der Waals surface area contributed by atoms with E-state index in [0.29, 0.717) is 94.0 Å². The number of benzene rings is 2. The summed E-state index contributed by atoms with van der Waals surface area (Å²) in [6.45, 7) is 4.62. The first kappa shape index (κ1) is 45.9. The third-order valence-electron chi connectivity index (χ3n) is 12.0. The molecule has 0 aliphatic carbocycles. The van der Waals surface area contributed by atoms with Gasteiger partial charge in [-0.3, -0.25) is 19.2 Å². The Morgan fingerprint density at radius 2 is 1.77 bits per heavy atom. The van der Waals surface area contributed by atoms with E-state index in [0.717, 1.165) is 18.4 Å². The molecule has 0 saturated carbocycles. The van der Waals surface area contributed by atoms with Crippen molar-refractivity contribution in [3.8, 4) is 5.95 Å². The van der Waals surface area contributed by atoms with Crippen molar-refractivity contribution >= 4 is 69.4 Å². The predicted octanol–water partition coefficient (Wildman–Crippen LogP) is 7.14. The molecule has 3 aliphatic heterocycles. The molecule has 1 spiro atoms. The van der Waals surface area contributed by atoms with Crippen molar-refractivity contribution in [2.24, 2.45) is 5.92 Å². The van der Waals surface area contributed by atoms with Crippen molar-refractivity contribution in [2.45, 2.75) is 133 Å². The minimum absolute atomic E-state index is 0.0515. The first-order valence-corrected chi connectivity index (χ1v) is 23.1. The zero-order chi connectivity index (χ0) is 43.4. The van der Waals surface area contributed by atoms with Crippen molar-refractivity contribution in [3.05, 3.63) is 69.5 Å². The van der Waals surface area contributed by atoms with Crippen molar-refractivity contribution in [2.75, 3.05) is 24.2 Å². The first-order valence-electron chi connectivity index (χ1n) is 21.7. The Labute approximate surface area is 365 Å². The van der Waals surface area contributed by atoms with Gasteiger partial charge < -0.3 is 35.3 Å². The third kappa shape index (κ3) is 10.7. The van der Waals surface area contributed by atoms with Crippen LogP contribution in [0.1, 0.15) is 109 Å². The normalized spacial score (nSPS) is 22.9. The van der Waals surface area contributed by atoms with Crippen LogP contribution in [0.3, 0.4) is 0 Å². The number of unbranched alkanes of at least 4 members (excludes halogenated alkanes) is 4. The lowest BCUT2D eigenvalue weighted by Crippen LogP contribution is -2.73. The Balaban J connectivity index is 1.04. The molecule has 4 heterocycles. The number of nitrogens with one attached hydrogen (secondary N) is 5. The summed E-state index contributed by atoms with van der Waals surface area (Å²) >= 11 is 8.17. The smallest absolute Gasteiger partial charge is 0.346 e. The van der Waals surface area contributed by atoms with Crippen LogP contribution in [0.15, 0.2) is 57.7 Å². The minimum Gasteiger partial charge on any atom is -0.464 e. The topological polar surface area (TPSA) is 194 Å². The van der Waals surface area contributed by atoms with Crippen LogP contribution < -0.4 is 37.1 Å². The highest BCUT2D eigenvalue weighted by Gasteiger charge is 2.68. The van der Waals surface area contributed by atoms with Gasteiger partial charge in [-0.05, 0) is 56.2 Å². The lowest BCUT2D eigenvalue weighted by molar-refractivity contribution is -0.162. The summed E-state index contributed by atoms with van der Waals surface area (Å²) in [7, 11) is 0. The summed E-state index contributed by atoms with van der Waals surface area (Å²) in [6.07, 6.45) is 8.11. The van der Waals surface area contributed by atoms with Crippen LogP contribution in [-0.2, 0) is 30.4 Å². The van der Waals surface area contributed by atoms with E-state index in [1.165, 1.54) is 6.07 Å². The van der Waals surface area contributed by atoms with Crippen LogP contribution in [-0.4, -0.2) is 70.9 Å². The zero-order valence-electron chi connectivity index (χ0n) is 35.0. The van der Waals surface area contributed by atoms with Crippen LogP contribution in [0, 0.1) is 5.92 Å². The van der Waals surface area contributed by atoms with Crippen molar-refractivity contribution < 1.29 is 38.0 Å². The fourth-order valence-electron chi connectivity index (χ4n) is 8.81. The molecule has 5 N–H and O–H groups in total. The predicted molar refractivity (Wildman–Crippen MR) is 236 cm³/mol. The molecule has 2 unspecified atom stereocenters. The van der Waals surface area contributed by atoms with Crippen LogP contribution in [0.2, 0.25) is 5.02 Å². The monoisotopic (exact) mass is 879 g/mol. The number of carbonyl (C=O) groups is 5. The van der Waals surface area contributed by atoms with E-state index in [-0.39, 0.29) is 65.5 Å². The fraction of sp³-hybridized carbons (Fsp3) is 0.556. The molecule has 2 aromatic carbocycles. The van der Waals surface area contributed by atoms with Gasteiger partial charge in [-0.2, -0.15) is 0 Å². The maximum atomic E-state index is 15.2. The van der Waals surface area contributed by atoms with E-state index in [2.05, 4.69) is 26.7 Å². The van der Waals surface area contributed by atoms with Gasteiger partial charge in [0.1, 0.15) is 10.6 Å². The van der Waals surface area contributed by atoms with Crippen LogP contribution >= 0.6 is 23.4 Å². The van der Waals surface area contributed by atoms with Gasteiger partial charge >= 0.3 is 23.6 Å². The average molecular weight is 881 g/mol. The van der Waals surface area contributed by atoms with Crippen molar-refractivity contribution in [1.82, 2.24) is 21.4 Å².